The van der Waals surface area contributed by atoms with Crippen molar-refractivity contribution in [2.45, 2.75) is 149 Å². The van der Waals surface area contributed by atoms with E-state index in [1.165, 1.54) is 83.5 Å². The molecule has 0 spiro atoms. The number of esters is 2. The quantitative estimate of drug-likeness (QED) is 0.0996. The Kier molecular flexibility index (Phi) is 26.5. The van der Waals surface area contributed by atoms with E-state index in [-0.39, 0.29) is 11.1 Å². The van der Waals surface area contributed by atoms with Crippen LogP contribution in [0, 0.1) is 0 Å². The lowest BCUT2D eigenvalue weighted by atomic mass is 10.0. The molecule has 1 N–H and O–H groups in total. The first-order valence-corrected chi connectivity index (χ1v) is 16.1. The van der Waals surface area contributed by atoms with E-state index in [0.29, 0.717) is 19.6 Å². The van der Waals surface area contributed by atoms with Gasteiger partial charge in [0, 0.05) is 6.42 Å². The Hall–Kier alpha value is -2.37. The van der Waals surface area contributed by atoms with Crippen molar-refractivity contribution in [3.05, 3.63) is 35.4 Å². The van der Waals surface area contributed by atoms with Gasteiger partial charge >= 0.3 is 17.9 Å². The van der Waals surface area contributed by atoms with Gasteiger partial charge < -0.3 is 14.6 Å². The van der Waals surface area contributed by atoms with Gasteiger partial charge in [0.1, 0.15) is 0 Å². The third-order valence-electron chi connectivity index (χ3n) is 6.82. The first-order valence-electron chi connectivity index (χ1n) is 16.1. The van der Waals surface area contributed by atoms with Crippen molar-refractivity contribution in [3.63, 3.8) is 0 Å². The average molecular weight is 563 g/mol. The zero-order chi connectivity index (χ0) is 29.7. The number of hydrogen-bond donors (Lipinski definition) is 1. The molecule has 1 aromatic carbocycles. The Morgan fingerprint density at radius 1 is 0.525 bits per heavy atom. The lowest BCUT2D eigenvalue weighted by Crippen LogP contribution is -2.14. The zero-order valence-corrected chi connectivity index (χ0v) is 25.9. The summed E-state index contributed by atoms with van der Waals surface area (Å²) in [7, 11) is 0. The first kappa shape index (κ1) is 37.6. The van der Waals surface area contributed by atoms with Crippen molar-refractivity contribution in [2.75, 3.05) is 13.2 Å². The highest BCUT2D eigenvalue weighted by molar-refractivity contribution is 6.03. The molecule has 0 saturated carbocycles. The molecular formula is C34H58O6. The van der Waals surface area contributed by atoms with E-state index >= 15 is 0 Å². The molecule has 1 aromatic rings. The maximum Gasteiger partial charge on any atom is 0.339 e. The molecule has 6 nitrogen and oxygen atoms in total. The van der Waals surface area contributed by atoms with Crippen LogP contribution in [0.5, 0.6) is 0 Å². The number of rotatable bonds is 24. The summed E-state index contributed by atoms with van der Waals surface area (Å²) >= 11 is 0. The van der Waals surface area contributed by atoms with Gasteiger partial charge in [-0.25, -0.2) is 9.59 Å². The van der Waals surface area contributed by atoms with Crippen LogP contribution >= 0.6 is 0 Å². The van der Waals surface area contributed by atoms with E-state index in [0.717, 1.165) is 38.5 Å². The van der Waals surface area contributed by atoms with E-state index in [9.17, 15) is 14.4 Å². The Morgan fingerprint density at radius 3 is 1.18 bits per heavy atom. The largest absolute Gasteiger partial charge is 0.481 e. The van der Waals surface area contributed by atoms with Crippen LogP contribution in [-0.4, -0.2) is 36.2 Å². The molecule has 0 unspecified atom stereocenters. The predicted octanol–water partition coefficient (Wildman–Crippen LogP) is 9.93. The highest BCUT2D eigenvalue weighted by Crippen LogP contribution is 2.14. The van der Waals surface area contributed by atoms with Gasteiger partial charge in [-0.05, 0) is 31.4 Å². The Bertz CT molecular complexity index is 720. The van der Waals surface area contributed by atoms with Gasteiger partial charge in [0.25, 0.3) is 0 Å². The number of carboxylic acids is 1. The highest BCUT2D eigenvalue weighted by atomic mass is 16.5. The monoisotopic (exact) mass is 562 g/mol. The number of benzene rings is 1. The van der Waals surface area contributed by atoms with Crippen LogP contribution < -0.4 is 0 Å². The van der Waals surface area contributed by atoms with Gasteiger partial charge in [0.2, 0.25) is 0 Å². The fourth-order valence-electron chi connectivity index (χ4n) is 4.26. The van der Waals surface area contributed by atoms with Gasteiger partial charge in [0.05, 0.1) is 24.3 Å². The smallest absolute Gasteiger partial charge is 0.339 e. The van der Waals surface area contributed by atoms with Gasteiger partial charge in [-0.1, -0.05) is 136 Å². The summed E-state index contributed by atoms with van der Waals surface area (Å²) in [5, 5.41) is 8.52. The molecule has 0 aliphatic heterocycles. The topological polar surface area (TPSA) is 89.9 Å². The minimum atomic E-state index is -0.653. The predicted molar refractivity (Wildman–Crippen MR) is 164 cm³/mol. The second kappa shape index (κ2) is 28.2. The molecule has 6 heteroatoms. The molecular weight excluding hydrogens is 504 g/mol. The molecule has 0 saturated heterocycles. The maximum absolute atomic E-state index is 11.9. The maximum atomic E-state index is 11.9. The fourth-order valence-corrected chi connectivity index (χ4v) is 4.26. The minimum absolute atomic E-state index is 0.269. The lowest BCUT2D eigenvalue weighted by molar-refractivity contribution is -0.137. The summed E-state index contributed by atoms with van der Waals surface area (Å²) in [4.78, 5) is 34.2. The molecule has 0 radical (unpaired) electrons. The van der Waals surface area contributed by atoms with Crippen LogP contribution in [0.25, 0.3) is 0 Å². The number of aliphatic carboxylic acids is 1. The van der Waals surface area contributed by atoms with Crippen LogP contribution in [0.2, 0.25) is 0 Å². The molecule has 0 aliphatic rings. The molecule has 0 heterocycles. The van der Waals surface area contributed by atoms with Gasteiger partial charge in [-0.15, -0.1) is 0 Å². The van der Waals surface area contributed by atoms with Crippen LogP contribution in [0.3, 0.4) is 0 Å². The summed E-state index contributed by atoms with van der Waals surface area (Å²) in [5.41, 5.74) is 0.537. The molecule has 0 aliphatic carbocycles. The van der Waals surface area contributed by atoms with Gasteiger partial charge in [0.15, 0.2) is 0 Å². The molecule has 0 atom stereocenters. The van der Waals surface area contributed by atoms with Crippen LogP contribution in [0.15, 0.2) is 24.3 Å². The number of ether oxygens (including phenoxy) is 2. The molecule has 0 aromatic heterocycles. The summed E-state index contributed by atoms with van der Waals surface area (Å²) in [6.07, 6.45) is 23.7. The van der Waals surface area contributed by atoms with E-state index in [2.05, 4.69) is 6.92 Å². The number of carboxylic acid groups (broad SMARTS) is 1. The second-order valence-electron chi connectivity index (χ2n) is 10.6. The van der Waals surface area contributed by atoms with Crippen LogP contribution in [0.1, 0.15) is 170 Å². The van der Waals surface area contributed by atoms with Crippen molar-refractivity contribution >= 4 is 17.9 Å². The fraction of sp³-hybridized carbons (Fsp3) is 0.735. The normalized spacial score (nSPS) is 10.5. The summed E-state index contributed by atoms with van der Waals surface area (Å²) in [6, 6.07) is 6.59. The van der Waals surface area contributed by atoms with Gasteiger partial charge in [-0.3, -0.25) is 4.79 Å². The van der Waals surface area contributed by atoms with E-state index in [1.54, 1.807) is 24.3 Å². The lowest BCUT2D eigenvalue weighted by Gasteiger charge is -2.09. The van der Waals surface area contributed by atoms with Gasteiger partial charge in [-0.2, -0.15) is 0 Å². The molecule has 0 bridgehead atoms. The zero-order valence-electron chi connectivity index (χ0n) is 25.9. The van der Waals surface area contributed by atoms with E-state index in [4.69, 9.17) is 14.6 Å². The number of carbonyl (C=O) groups excluding carboxylic acids is 2. The average Bonchev–Trinajstić information content (AvgIpc) is 2.95. The van der Waals surface area contributed by atoms with Crippen molar-refractivity contribution < 1.29 is 29.0 Å². The van der Waals surface area contributed by atoms with Crippen molar-refractivity contribution in [3.8, 4) is 0 Å². The molecule has 230 valence electrons. The highest BCUT2D eigenvalue weighted by Gasteiger charge is 2.18. The molecule has 0 amide bonds. The Labute approximate surface area is 244 Å². The summed E-state index contributed by atoms with van der Waals surface area (Å²) in [6.45, 7) is 7.05. The Balaban J connectivity index is 0.000000760. The van der Waals surface area contributed by atoms with E-state index in [1.807, 2.05) is 13.8 Å². The Morgan fingerprint density at radius 2 is 0.850 bits per heavy atom. The summed E-state index contributed by atoms with van der Waals surface area (Å²) in [5.74, 6) is -1.59. The van der Waals surface area contributed by atoms with Crippen molar-refractivity contribution in [1.29, 1.82) is 0 Å². The van der Waals surface area contributed by atoms with Crippen molar-refractivity contribution in [2.24, 2.45) is 0 Å². The molecule has 0 fully saturated rings. The number of hydrogen-bond acceptors (Lipinski definition) is 5. The second-order valence-corrected chi connectivity index (χ2v) is 10.6. The number of unbranched alkanes of at least 4 members (excludes halogenated alkanes) is 16. The SMILES string of the molecule is CCCCCCCCCCCCCCCCCC(=O)O.CCCCOC(=O)c1ccccc1C(=O)OCCCC. The minimum Gasteiger partial charge on any atom is -0.481 e. The van der Waals surface area contributed by atoms with Crippen LogP contribution in [-0.2, 0) is 14.3 Å². The van der Waals surface area contributed by atoms with Crippen molar-refractivity contribution in [1.82, 2.24) is 0 Å². The third-order valence-corrected chi connectivity index (χ3v) is 6.82. The number of carbonyl (C=O) groups is 3. The molecule has 1 rings (SSSR count). The third kappa shape index (κ3) is 22.4. The molecule has 40 heavy (non-hydrogen) atoms. The first-order chi connectivity index (χ1) is 19.5. The standard InChI is InChI=1S/C18H36O2.C16H22O4/c1-2-3-4-5-6-7-8-9-10-11-12-13-14-15-16-17-18(19)20;1-3-5-11-19-15(17)13-9-7-8-10-14(13)16(18)20-12-6-4-2/h2-17H2,1H3,(H,19,20);7-10H,3-6,11-12H2,1-2H3. The van der Waals surface area contributed by atoms with Crippen LogP contribution in [0.4, 0.5) is 0 Å². The summed E-state index contributed by atoms with van der Waals surface area (Å²) < 4.78 is 10.3. The van der Waals surface area contributed by atoms with E-state index < -0.39 is 17.9 Å².